The van der Waals surface area contributed by atoms with Gasteiger partial charge in [-0.05, 0) is 18.9 Å². The molecule has 0 radical (unpaired) electrons. The van der Waals surface area contributed by atoms with Crippen molar-refractivity contribution in [1.82, 2.24) is 5.32 Å². The molecule has 0 saturated heterocycles. The Morgan fingerprint density at radius 3 is 2.46 bits per heavy atom. The number of benzene rings is 2. The zero-order chi connectivity index (χ0) is 18.7. The molecule has 0 heterocycles. The summed E-state index contributed by atoms with van der Waals surface area (Å²) in [5, 5.41) is 13.5. The predicted molar refractivity (Wildman–Crippen MR) is 93.9 cm³/mol. The van der Waals surface area contributed by atoms with E-state index < -0.39 is 22.9 Å². The van der Waals surface area contributed by atoms with Crippen LogP contribution in [-0.2, 0) is 9.53 Å². The molecule has 7 nitrogen and oxygen atoms in total. The fraction of sp³-hybridized carbons (Fsp3) is 0.222. The number of esters is 1. The lowest BCUT2D eigenvalue weighted by Crippen LogP contribution is -2.33. The molecule has 0 aliphatic heterocycles. The Labute approximate surface area is 154 Å². The van der Waals surface area contributed by atoms with Gasteiger partial charge in [-0.15, -0.1) is 0 Å². The molecule has 1 aliphatic rings. The molecule has 1 fully saturated rings. The molecule has 1 N–H and O–H groups in total. The first-order chi connectivity index (χ1) is 12.5. The minimum absolute atomic E-state index is 0.0441. The second-order valence-electron chi connectivity index (χ2n) is 5.90. The summed E-state index contributed by atoms with van der Waals surface area (Å²) in [4.78, 5) is 35.1. The minimum atomic E-state index is -1.13. The fourth-order valence-electron chi connectivity index (χ4n) is 2.36. The van der Waals surface area contributed by atoms with Crippen LogP contribution in [0.3, 0.4) is 0 Å². The molecular formula is C18H15ClN2O5. The standard InChI is InChI=1S/C18H15ClN2O5/c19-15-10-13(21(24)25)8-9-14(15)18(23)26-16(11-4-2-1-3-5-11)17(22)20-12-6-7-12/h1-5,8-10,12,16H,6-7H2,(H,20,22). The molecule has 1 unspecified atom stereocenters. The summed E-state index contributed by atoms with van der Waals surface area (Å²) in [6, 6.07) is 12.2. The van der Waals surface area contributed by atoms with Crippen molar-refractivity contribution in [3.05, 3.63) is 74.8 Å². The topological polar surface area (TPSA) is 98.5 Å². The third-order valence-corrected chi connectivity index (χ3v) is 4.19. The molecule has 2 aromatic rings. The SMILES string of the molecule is O=C(OC(C(=O)NC1CC1)c1ccccc1)c1ccc([N+](=O)[O-])cc1Cl. The molecule has 1 atom stereocenters. The van der Waals surface area contributed by atoms with Gasteiger partial charge in [0.05, 0.1) is 15.5 Å². The van der Waals surface area contributed by atoms with Crippen LogP contribution in [0.1, 0.15) is 34.9 Å². The van der Waals surface area contributed by atoms with E-state index in [1.165, 1.54) is 6.07 Å². The Balaban J connectivity index is 1.82. The Morgan fingerprint density at radius 1 is 1.19 bits per heavy atom. The molecule has 1 saturated carbocycles. The van der Waals surface area contributed by atoms with E-state index in [-0.39, 0.29) is 22.3 Å². The highest BCUT2D eigenvalue weighted by molar-refractivity contribution is 6.33. The second kappa shape index (κ2) is 7.53. The highest BCUT2D eigenvalue weighted by Gasteiger charge is 2.31. The fourth-order valence-corrected chi connectivity index (χ4v) is 2.61. The van der Waals surface area contributed by atoms with Gasteiger partial charge in [-0.1, -0.05) is 41.9 Å². The first-order valence-electron chi connectivity index (χ1n) is 7.96. The van der Waals surface area contributed by atoms with Gasteiger partial charge >= 0.3 is 5.97 Å². The molecular weight excluding hydrogens is 360 g/mol. The average Bonchev–Trinajstić information content (AvgIpc) is 3.43. The maximum absolute atomic E-state index is 12.5. The van der Waals surface area contributed by atoms with Crippen molar-refractivity contribution in [2.45, 2.75) is 25.0 Å². The van der Waals surface area contributed by atoms with Gasteiger partial charge in [0.1, 0.15) is 0 Å². The molecule has 134 valence electrons. The number of hydrogen-bond acceptors (Lipinski definition) is 5. The number of hydrogen-bond donors (Lipinski definition) is 1. The molecule has 2 aromatic carbocycles. The molecule has 8 heteroatoms. The van der Waals surface area contributed by atoms with Gasteiger partial charge in [0.25, 0.3) is 11.6 Å². The van der Waals surface area contributed by atoms with E-state index >= 15 is 0 Å². The van der Waals surface area contributed by atoms with Crippen molar-refractivity contribution in [2.24, 2.45) is 0 Å². The summed E-state index contributed by atoms with van der Waals surface area (Å²) in [6.45, 7) is 0. The monoisotopic (exact) mass is 374 g/mol. The summed E-state index contributed by atoms with van der Waals surface area (Å²) in [6.07, 6.45) is 0.667. The quantitative estimate of drug-likeness (QED) is 0.474. The van der Waals surface area contributed by atoms with Gasteiger partial charge in [-0.2, -0.15) is 0 Å². The van der Waals surface area contributed by atoms with Gasteiger partial charge in [-0.25, -0.2) is 4.79 Å². The summed E-state index contributed by atoms with van der Waals surface area (Å²) in [7, 11) is 0. The van der Waals surface area contributed by atoms with Crippen LogP contribution in [0.4, 0.5) is 5.69 Å². The van der Waals surface area contributed by atoms with Gasteiger partial charge in [0.2, 0.25) is 6.10 Å². The lowest BCUT2D eigenvalue weighted by Gasteiger charge is -2.18. The van der Waals surface area contributed by atoms with Crippen LogP contribution >= 0.6 is 11.6 Å². The largest absolute Gasteiger partial charge is 0.444 e. The van der Waals surface area contributed by atoms with Gasteiger partial charge in [0, 0.05) is 23.7 Å². The molecule has 1 aliphatic carbocycles. The predicted octanol–water partition coefficient (Wildman–Crippen LogP) is 3.42. The first kappa shape index (κ1) is 17.9. The Hall–Kier alpha value is -2.93. The lowest BCUT2D eigenvalue weighted by atomic mass is 10.1. The third kappa shape index (κ3) is 4.18. The molecule has 0 aromatic heterocycles. The van der Waals surface area contributed by atoms with E-state index in [4.69, 9.17) is 16.3 Å². The van der Waals surface area contributed by atoms with E-state index in [9.17, 15) is 19.7 Å². The maximum atomic E-state index is 12.5. The van der Waals surface area contributed by atoms with Gasteiger partial charge in [-0.3, -0.25) is 14.9 Å². The smallest absolute Gasteiger partial charge is 0.340 e. The van der Waals surface area contributed by atoms with Crippen molar-refractivity contribution in [3.8, 4) is 0 Å². The van der Waals surface area contributed by atoms with E-state index in [1.807, 2.05) is 0 Å². The first-order valence-corrected chi connectivity index (χ1v) is 8.34. The van der Waals surface area contributed by atoms with Crippen LogP contribution in [-0.4, -0.2) is 22.8 Å². The molecule has 0 bridgehead atoms. The van der Waals surface area contributed by atoms with E-state index in [2.05, 4.69) is 5.32 Å². The minimum Gasteiger partial charge on any atom is -0.444 e. The zero-order valence-electron chi connectivity index (χ0n) is 13.6. The number of amides is 1. The number of halogens is 1. The molecule has 3 rings (SSSR count). The zero-order valence-corrected chi connectivity index (χ0v) is 14.3. The Bertz CT molecular complexity index is 852. The number of carbonyl (C=O) groups excluding carboxylic acids is 2. The number of ether oxygens (including phenoxy) is 1. The highest BCUT2D eigenvalue weighted by atomic mass is 35.5. The summed E-state index contributed by atoms with van der Waals surface area (Å²) >= 11 is 5.97. The number of carbonyl (C=O) groups is 2. The van der Waals surface area contributed by atoms with Crippen LogP contribution in [0, 0.1) is 10.1 Å². The van der Waals surface area contributed by atoms with Crippen LogP contribution in [0.25, 0.3) is 0 Å². The van der Waals surface area contributed by atoms with Crippen molar-refractivity contribution >= 4 is 29.2 Å². The number of nitro benzene ring substituents is 1. The Kier molecular flexibility index (Phi) is 5.18. The summed E-state index contributed by atoms with van der Waals surface area (Å²) < 4.78 is 5.39. The molecule has 26 heavy (non-hydrogen) atoms. The van der Waals surface area contributed by atoms with Gasteiger partial charge < -0.3 is 10.1 Å². The van der Waals surface area contributed by atoms with Crippen LogP contribution < -0.4 is 5.32 Å². The average molecular weight is 375 g/mol. The maximum Gasteiger partial charge on any atom is 0.340 e. The highest BCUT2D eigenvalue weighted by Crippen LogP contribution is 2.27. The van der Waals surface area contributed by atoms with Gasteiger partial charge in [0.15, 0.2) is 0 Å². The Morgan fingerprint density at radius 2 is 1.88 bits per heavy atom. The normalized spacial score (nSPS) is 14.3. The van der Waals surface area contributed by atoms with E-state index in [0.29, 0.717) is 5.56 Å². The molecule has 1 amide bonds. The van der Waals surface area contributed by atoms with Crippen molar-refractivity contribution in [3.63, 3.8) is 0 Å². The van der Waals surface area contributed by atoms with Crippen molar-refractivity contribution < 1.29 is 19.2 Å². The number of nitrogens with one attached hydrogen (secondary N) is 1. The van der Waals surface area contributed by atoms with Crippen molar-refractivity contribution in [1.29, 1.82) is 0 Å². The molecule has 0 spiro atoms. The number of nitrogens with zero attached hydrogens (tertiary/aromatic N) is 1. The summed E-state index contributed by atoms with van der Waals surface area (Å²) in [5.41, 5.74) is 0.243. The van der Waals surface area contributed by atoms with Crippen LogP contribution in [0.2, 0.25) is 5.02 Å². The number of rotatable bonds is 6. The summed E-state index contributed by atoms with van der Waals surface area (Å²) in [5.74, 6) is -1.24. The number of non-ortho nitro benzene ring substituents is 1. The van der Waals surface area contributed by atoms with Crippen molar-refractivity contribution in [2.75, 3.05) is 0 Å². The van der Waals surface area contributed by atoms with E-state index in [0.717, 1.165) is 25.0 Å². The van der Waals surface area contributed by atoms with Crippen LogP contribution in [0.5, 0.6) is 0 Å². The van der Waals surface area contributed by atoms with Crippen LogP contribution in [0.15, 0.2) is 48.5 Å². The third-order valence-electron chi connectivity index (χ3n) is 3.87. The van der Waals surface area contributed by atoms with E-state index in [1.54, 1.807) is 30.3 Å². The second-order valence-corrected chi connectivity index (χ2v) is 6.31. The number of nitro groups is 1. The lowest BCUT2D eigenvalue weighted by molar-refractivity contribution is -0.384.